The van der Waals surface area contributed by atoms with Gasteiger partial charge in [-0.15, -0.1) is 0 Å². The van der Waals surface area contributed by atoms with Gasteiger partial charge in [-0.25, -0.2) is 0 Å². The molecule has 88 valence electrons. The minimum atomic E-state index is -0.436. The van der Waals surface area contributed by atoms with Gasteiger partial charge in [0.2, 0.25) is 0 Å². The number of ketones is 1. The van der Waals surface area contributed by atoms with Crippen molar-refractivity contribution in [2.24, 2.45) is 5.41 Å². The number of hydrogen-bond donors (Lipinski definition) is 0. The first-order chi connectivity index (χ1) is 7.91. The Bertz CT molecular complexity index is 587. The molecular formula is C13H13BrN2O. The largest absolute Gasteiger partial charge is 0.293 e. The highest BCUT2D eigenvalue weighted by atomic mass is 79.9. The summed E-state index contributed by atoms with van der Waals surface area (Å²) in [4.78, 5) is 20.9. The van der Waals surface area contributed by atoms with E-state index >= 15 is 0 Å². The third kappa shape index (κ3) is 2.22. The van der Waals surface area contributed by atoms with Crippen LogP contribution in [0.15, 0.2) is 29.0 Å². The molecule has 0 saturated heterocycles. The summed E-state index contributed by atoms with van der Waals surface area (Å²) in [6.45, 7) is 5.70. The van der Waals surface area contributed by atoms with Crippen molar-refractivity contribution in [1.29, 1.82) is 0 Å². The predicted octanol–water partition coefficient (Wildman–Crippen LogP) is 3.62. The number of rotatable bonds is 1. The molecule has 0 radical (unpaired) electrons. The summed E-state index contributed by atoms with van der Waals surface area (Å²) in [6, 6.07) is 3.70. The number of aromatic nitrogens is 2. The SMILES string of the molecule is CC(C)(C)C(=O)c1c(Br)ccc2nccnc12. The first-order valence-corrected chi connectivity index (χ1v) is 6.14. The van der Waals surface area contributed by atoms with Crippen LogP contribution in [-0.2, 0) is 0 Å². The van der Waals surface area contributed by atoms with E-state index in [1.54, 1.807) is 12.4 Å². The Balaban J connectivity index is 2.76. The lowest BCUT2D eigenvalue weighted by Crippen LogP contribution is -2.21. The van der Waals surface area contributed by atoms with Gasteiger partial charge in [0.1, 0.15) is 5.52 Å². The van der Waals surface area contributed by atoms with Crippen molar-refractivity contribution in [1.82, 2.24) is 9.97 Å². The van der Waals surface area contributed by atoms with E-state index in [0.717, 1.165) is 9.99 Å². The fourth-order valence-corrected chi connectivity index (χ4v) is 2.10. The standard InChI is InChI=1S/C13H13BrN2O/c1-13(2,3)12(17)10-8(14)4-5-9-11(10)16-7-6-15-9/h4-7H,1-3H3. The van der Waals surface area contributed by atoms with Gasteiger partial charge in [-0.3, -0.25) is 14.8 Å². The number of hydrogen-bond acceptors (Lipinski definition) is 3. The number of benzene rings is 1. The van der Waals surface area contributed by atoms with E-state index in [-0.39, 0.29) is 5.78 Å². The molecule has 1 heterocycles. The molecule has 3 nitrogen and oxygen atoms in total. The highest BCUT2D eigenvalue weighted by Crippen LogP contribution is 2.30. The maximum atomic E-state index is 12.4. The van der Waals surface area contributed by atoms with Crippen molar-refractivity contribution < 1.29 is 4.79 Å². The number of nitrogens with zero attached hydrogens (tertiary/aromatic N) is 2. The van der Waals surface area contributed by atoms with Crippen LogP contribution in [0.1, 0.15) is 31.1 Å². The lowest BCUT2D eigenvalue weighted by Gasteiger charge is -2.18. The first kappa shape index (κ1) is 12.2. The zero-order chi connectivity index (χ0) is 12.6. The van der Waals surface area contributed by atoms with Crippen LogP contribution in [0.2, 0.25) is 0 Å². The molecule has 0 aliphatic heterocycles. The van der Waals surface area contributed by atoms with Crippen LogP contribution >= 0.6 is 15.9 Å². The minimum Gasteiger partial charge on any atom is -0.293 e. The van der Waals surface area contributed by atoms with Gasteiger partial charge in [0.15, 0.2) is 5.78 Å². The summed E-state index contributed by atoms with van der Waals surface area (Å²) < 4.78 is 0.769. The second kappa shape index (κ2) is 4.18. The number of carbonyl (C=O) groups excluding carboxylic acids is 1. The average Bonchev–Trinajstić information content (AvgIpc) is 2.27. The molecule has 0 amide bonds. The Morgan fingerprint density at radius 1 is 1.18 bits per heavy atom. The van der Waals surface area contributed by atoms with Gasteiger partial charge in [-0.05, 0) is 28.1 Å². The van der Waals surface area contributed by atoms with Crippen molar-refractivity contribution in [3.63, 3.8) is 0 Å². The maximum Gasteiger partial charge on any atom is 0.171 e. The van der Waals surface area contributed by atoms with Crippen molar-refractivity contribution in [2.45, 2.75) is 20.8 Å². The topological polar surface area (TPSA) is 42.9 Å². The molecule has 4 heteroatoms. The summed E-state index contributed by atoms with van der Waals surface area (Å²) in [5.41, 5.74) is 1.57. The van der Waals surface area contributed by atoms with Crippen LogP contribution in [0.3, 0.4) is 0 Å². The zero-order valence-electron chi connectivity index (χ0n) is 9.99. The fraction of sp³-hybridized carbons (Fsp3) is 0.308. The van der Waals surface area contributed by atoms with Crippen LogP contribution < -0.4 is 0 Å². The Morgan fingerprint density at radius 3 is 2.47 bits per heavy atom. The zero-order valence-corrected chi connectivity index (χ0v) is 11.6. The van der Waals surface area contributed by atoms with Gasteiger partial charge in [-0.2, -0.15) is 0 Å². The quantitative estimate of drug-likeness (QED) is 0.754. The van der Waals surface area contributed by atoms with Gasteiger partial charge < -0.3 is 0 Å². The number of Topliss-reactive ketones (excluding diaryl/α,β-unsaturated/α-hetero) is 1. The summed E-state index contributed by atoms with van der Waals surface area (Å²) in [7, 11) is 0. The Labute approximate surface area is 108 Å². The second-order valence-corrected chi connectivity index (χ2v) is 5.78. The van der Waals surface area contributed by atoms with Gasteiger partial charge in [0.25, 0.3) is 0 Å². The molecule has 0 fully saturated rings. The third-order valence-electron chi connectivity index (χ3n) is 2.50. The van der Waals surface area contributed by atoms with Crippen molar-refractivity contribution >= 4 is 32.7 Å². The van der Waals surface area contributed by atoms with E-state index in [4.69, 9.17) is 0 Å². The number of halogens is 1. The Hall–Kier alpha value is -1.29. The molecule has 0 N–H and O–H groups in total. The fourth-order valence-electron chi connectivity index (χ4n) is 1.60. The molecule has 0 spiro atoms. The molecular weight excluding hydrogens is 280 g/mol. The molecule has 1 aromatic heterocycles. The molecule has 0 aliphatic rings. The second-order valence-electron chi connectivity index (χ2n) is 4.93. The van der Waals surface area contributed by atoms with Gasteiger partial charge in [-0.1, -0.05) is 20.8 Å². The molecule has 17 heavy (non-hydrogen) atoms. The highest BCUT2D eigenvalue weighted by Gasteiger charge is 2.27. The van der Waals surface area contributed by atoms with E-state index in [9.17, 15) is 4.79 Å². The predicted molar refractivity (Wildman–Crippen MR) is 71.0 cm³/mol. The highest BCUT2D eigenvalue weighted by molar-refractivity contribution is 9.10. The molecule has 0 bridgehead atoms. The molecule has 0 atom stereocenters. The summed E-state index contributed by atoms with van der Waals surface area (Å²) >= 11 is 3.42. The monoisotopic (exact) mass is 292 g/mol. The lowest BCUT2D eigenvalue weighted by molar-refractivity contribution is 0.0859. The van der Waals surface area contributed by atoms with Crippen LogP contribution in [0.5, 0.6) is 0 Å². The third-order valence-corrected chi connectivity index (χ3v) is 3.16. The van der Waals surface area contributed by atoms with E-state index in [1.165, 1.54) is 0 Å². The Morgan fingerprint density at radius 2 is 1.82 bits per heavy atom. The van der Waals surface area contributed by atoms with E-state index < -0.39 is 5.41 Å². The lowest BCUT2D eigenvalue weighted by atomic mass is 9.86. The van der Waals surface area contributed by atoms with Crippen LogP contribution in [0, 0.1) is 5.41 Å². The Kier molecular flexibility index (Phi) is 3.00. The average molecular weight is 293 g/mol. The molecule has 0 unspecified atom stereocenters. The van der Waals surface area contributed by atoms with E-state index in [0.29, 0.717) is 11.1 Å². The van der Waals surface area contributed by atoms with Crippen LogP contribution in [-0.4, -0.2) is 15.8 Å². The first-order valence-electron chi connectivity index (χ1n) is 5.35. The smallest absolute Gasteiger partial charge is 0.171 e. The molecule has 0 saturated carbocycles. The normalized spacial score (nSPS) is 11.8. The maximum absolute atomic E-state index is 12.4. The summed E-state index contributed by atoms with van der Waals surface area (Å²) in [6.07, 6.45) is 3.23. The van der Waals surface area contributed by atoms with Crippen molar-refractivity contribution in [3.8, 4) is 0 Å². The number of carbonyl (C=O) groups is 1. The van der Waals surface area contributed by atoms with Gasteiger partial charge in [0, 0.05) is 22.3 Å². The summed E-state index contributed by atoms with van der Waals surface area (Å²) in [5, 5.41) is 0. The van der Waals surface area contributed by atoms with Gasteiger partial charge in [0.05, 0.1) is 11.1 Å². The molecule has 2 rings (SSSR count). The van der Waals surface area contributed by atoms with Gasteiger partial charge >= 0.3 is 0 Å². The van der Waals surface area contributed by atoms with E-state index in [1.807, 2.05) is 32.9 Å². The molecule has 1 aromatic carbocycles. The van der Waals surface area contributed by atoms with Crippen LogP contribution in [0.4, 0.5) is 0 Å². The van der Waals surface area contributed by atoms with Crippen molar-refractivity contribution in [2.75, 3.05) is 0 Å². The van der Waals surface area contributed by atoms with Crippen LogP contribution in [0.25, 0.3) is 11.0 Å². The van der Waals surface area contributed by atoms with E-state index in [2.05, 4.69) is 25.9 Å². The minimum absolute atomic E-state index is 0.0653. The summed E-state index contributed by atoms with van der Waals surface area (Å²) in [5.74, 6) is 0.0653. The molecule has 2 aromatic rings. The number of fused-ring (bicyclic) bond motifs is 1. The molecule has 0 aliphatic carbocycles. The van der Waals surface area contributed by atoms with Crippen molar-refractivity contribution in [3.05, 3.63) is 34.6 Å².